The molecule has 4 saturated carbocycles. The molecule has 5 heteroatoms. The zero-order valence-electron chi connectivity index (χ0n) is 23.3. The SMILES string of the molecule is CC1(C)CC[C@]2(C(N)=O)CC[C@]3(C)[C@H](C(=O)C[C@@H]4[C@@]5(C)C=C(C#N)C(=O)C(C)(C)[C@@H]5CC[C@]43C)[C@H]2C1. The summed E-state index contributed by atoms with van der Waals surface area (Å²) in [5, 5.41) is 9.86. The topological polar surface area (TPSA) is 101 Å². The van der Waals surface area contributed by atoms with Crippen LogP contribution < -0.4 is 5.73 Å². The first-order valence-corrected chi connectivity index (χ1v) is 14.0. The second-order valence-electron chi connectivity index (χ2n) is 15.2. The molecule has 0 heterocycles. The van der Waals surface area contributed by atoms with Gasteiger partial charge in [0.1, 0.15) is 11.9 Å². The monoisotopic (exact) mass is 492 g/mol. The molecule has 2 N–H and O–H groups in total. The van der Waals surface area contributed by atoms with Crippen molar-refractivity contribution >= 4 is 17.5 Å². The van der Waals surface area contributed by atoms with E-state index in [2.05, 4.69) is 40.7 Å². The fourth-order valence-corrected chi connectivity index (χ4v) is 10.7. The highest BCUT2D eigenvalue weighted by atomic mass is 16.1. The van der Waals surface area contributed by atoms with Gasteiger partial charge in [-0.15, -0.1) is 0 Å². The molecule has 0 bridgehead atoms. The van der Waals surface area contributed by atoms with E-state index in [1.807, 2.05) is 19.9 Å². The predicted octanol–water partition coefficient (Wildman–Crippen LogP) is 5.77. The van der Waals surface area contributed by atoms with E-state index in [9.17, 15) is 19.6 Å². The second-order valence-corrected chi connectivity index (χ2v) is 15.2. The van der Waals surface area contributed by atoms with Gasteiger partial charge in [-0.2, -0.15) is 5.26 Å². The summed E-state index contributed by atoms with van der Waals surface area (Å²) in [4.78, 5) is 40.6. The Hall–Kier alpha value is -1.96. The molecular formula is C31H44N2O3. The maximum absolute atomic E-state index is 14.4. The molecule has 0 radical (unpaired) electrons. The van der Waals surface area contributed by atoms with E-state index in [1.165, 1.54) is 0 Å². The zero-order valence-corrected chi connectivity index (χ0v) is 23.3. The van der Waals surface area contributed by atoms with Crippen molar-refractivity contribution in [3.8, 4) is 6.07 Å². The highest BCUT2D eigenvalue weighted by Crippen LogP contribution is 2.75. The molecular weight excluding hydrogens is 448 g/mol. The number of ketones is 2. The van der Waals surface area contributed by atoms with E-state index >= 15 is 0 Å². The summed E-state index contributed by atoms with van der Waals surface area (Å²) >= 11 is 0. The third-order valence-corrected chi connectivity index (χ3v) is 13.0. The summed E-state index contributed by atoms with van der Waals surface area (Å²) in [5.41, 5.74) is 4.50. The quantitative estimate of drug-likeness (QED) is 0.502. The summed E-state index contributed by atoms with van der Waals surface area (Å²) < 4.78 is 0. The molecule has 0 unspecified atom stereocenters. The third kappa shape index (κ3) is 2.91. The lowest BCUT2D eigenvalue weighted by atomic mass is 9.31. The van der Waals surface area contributed by atoms with Gasteiger partial charge in [0.2, 0.25) is 5.91 Å². The van der Waals surface area contributed by atoms with E-state index in [-0.39, 0.29) is 63.0 Å². The van der Waals surface area contributed by atoms with Crippen LogP contribution in [0.1, 0.15) is 99.8 Å². The molecule has 36 heavy (non-hydrogen) atoms. The number of allylic oxidation sites excluding steroid dienone is 2. The maximum atomic E-state index is 14.4. The predicted molar refractivity (Wildman–Crippen MR) is 138 cm³/mol. The fourth-order valence-electron chi connectivity index (χ4n) is 10.7. The molecule has 4 fully saturated rings. The molecule has 0 saturated heterocycles. The minimum atomic E-state index is -0.627. The molecule has 0 aromatic heterocycles. The Bertz CT molecular complexity index is 1130. The van der Waals surface area contributed by atoms with Gasteiger partial charge in [-0.1, -0.05) is 54.5 Å². The number of fused-ring (bicyclic) bond motifs is 7. The van der Waals surface area contributed by atoms with Crippen LogP contribution in [-0.4, -0.2) is 17.5 Å². The molecule has 1 amide bonds. The van der Waals surface area contributed by atoms with Crippen LogP contribution >= 0.6 is 0 Å². The van der Waals surface area contributed by atoms with Gasteiger partial charge in [-0.05, 0) is 84.4 Å². The lowest BCUT2D eigenvalue weighted by Gasteiger charge is -2.71. The van der Waals surface area contributed by atoms with Crippen LogP contribution in [0.2, 0.25) is 0 Å². The molecule has 5 nitrogen and oxygen atoms in total. The minimum Gasteiger partial charge on any atom is -0.369 e. The average Bonchev–Trinajstić information content (AvgIpc) is 2.77. The van der Waals surface area contributed by atoms with Crippen LogP contribution in [0, 0.1) is 67.5 Å². The number of primary amides is 1. The van der Waals surface area contributed by atoms with Crippen molar-refractivity contribution in [2.75, 3.05) is 0 Å². The largest absolute Gasteiger partial charge is 0.369 e. The van der Waals surface area contributed by atoms with Crippen molar-refractivity contribution in [1.82, 2.24) is 0 Å². The lowest BCUT2D eigenvalue weighted by Crippen LogP contribution is -2.69. The van der Waals surface area contributed by atoms with E-state index in [0.29, 0.717) is 6.42 Å². The van der Waals surface area contributed by atoms with Crippen molar-refractivity contribution in [2.45, 2.75) is 99.8 Å². The summed E-state index contributed by atoms with van der Waals surface area (Å²) in [6.45, 7) is 15.4. The summed E-state index contributed by atoms with van der Waals surface area (Å²) in [6.07, 6.45) is 8.47. The number of carbonyl (C=O) groups is 3. The van der Waals surface area contributed by atoms with Crippen molar-refractivity contribution in [3.05, 3.63) is 11.6 Å². The van der Waals surface area contributed by atoms with Crippen LogP contribution in [0.3, 0.4) is 0 Å². The van der Waals surface area contributed by atoms with Gasteiger partial charge in [-0.3, -0.25) is 14.4 Å². The summed E-state index contributed by atoms with van der Waals surface area (Å²) in [7, 11) is 0. The second kappa shape index (κ2) is 7.33. The van der Waals surface area contributed by atoms with Gasteiger partial charge in [0.05, 0.1) is 11.0 Å². The van der Waals surface area contributed by atoms with Gasteiger partial charge in [0, 0.05) is 17.8 Å². The Kier molecular flexibility index (Phi) is 5.23. The minimum absolute atomic E-state index is 0.0112. The number of nitriles is 1. The summed E-state index contributed by atoms with van der Waals surface area (Å²) in [5.74, 6) is -0.0178. The summed E-state index contributed by atoms with van der Waals surface area (Å²) in [6, 6.07) is 2.19. The average molecular weight is 493 g/mol. The molecule has 0 aromatic carbocycles. The van der Waals surface area contributed by atoms with Crippen molar-refractivity contribution in [2.24, 2.45) is 61.9 Å². The van der Waals surface area contributed by atoms with Gasteiger partial charge in [-0.25, -0.2) is 0 Å². The number of nitrogens with two attached hydrogens (primary N) is 1. The Morgan fingerprint density at radius 3 is 2.19 bits per heavy atom. The third-order valence-electron chi connectivity index (χ3n) is 13.0. The van der Waals surface area contributed by atoms with Crippen LogP contribution in [0.5, 0.6) is 0 Å². The standard InChI is InChI=1S/C31H44N2O3/c1-26(2)10-12-31(25(33)36)13-11-30(7)23(19(31)16-26)20(34)14-22-28(5)15-18(17-32)24(35)27(3,4)21(28)8-9-29(22,30)6/h15,19,21-23H,8-14,16H2,1-7H3,(H2,33,36)/t19-,21+,22-,23+,28+,29-,30-,31+/m1/s1. The number of nitrogens with zero attached hydrogens (tertiary/aromatic N) is 1. The van der Waals surface area contributed by atoms with Crippen molar-refractivity contribution in [3.63, 3.8) is 0 Å². The first kappa shape index (κ1) is 25.7. The number of Topliss-reactive ketones (excluding diaryl/α,β-unsaturated/α-hetero) is 2. The first-order chi connectivity index (χ1) is 16.5. The fraction of sp³-hybridized carbons (Fsp3) is 0.806. The number of hydrogen-bond acceptors (Lipinski definition) is 4. The van der Waals surface area contributed by atoms with Gasteiger partial charge in [0.15, 0.2) is 5.78 Å². The van der Waals surface area contributed by atoms with Crippen molar-refractivity contribution < 1.29 is 14.4 Å². The number of hydrogen-bond donors (Lipinski definition) is 1. The molecule has 0 aromatic rings. The van der Waals surface area contributed by atoms with E-state index in [0.717, 1.165) is 44.9 Å². The molecule has 8 atom stereocenters. The zero-order chi connectivity index (χ0) is 26.7. The van der Waals surface area contributed by atoms with Crippen molar-refractivity contribution in [1.29, 1.82) is 5.26 Å². The maximum Gasteiger partial charge on any atom is 0.223 e. The smallest absolute Gasteiger partial charge is 0.223 e. The van der Waals surface area contributed by atoms with E-state index < -0.39 is 16.2 Å². The Morgan fingerprint density at radius 1 is 0.944 bits per heavy atom. The van der Waals surface area contributed by atoms with Gasteiger partial charge >= 0.3 is 0 Å². The Labute approximate surface area is 216 Å². The van der Waals surface area contributed by atoms with Crippen LogP contribution in [0.4, 0.5) is 0 Å². The number of amides is 1. The number of carbonyl (C=O) groups excluding carboxylic acids is 3. The van der Waals surface area contributed by atoms with Crippen LogP contribution in [0.15, 0.2) is 11.6 Å². The Balaban J connectivity index is 1.65. The molecule has 196 valence electrons. The lowest BCUT2D eigenvalue weighted by molar-refractivity contribution is -0.221. The Morgan fingerprint density at radius 2 is 1.58 bits per heavy atom. The molecule has 5 aliphatic carbocycles. The van der Waals surface area contributed by atoms with E-state index in [4.69, 9.17) is 5.73 Å². The normalized spacial score (nSPS) is 48.9. The number of rotatable bonds is 1. The molecule has 5 aliphatic rings. The molecule has 0 spiro atoms. The van der Waals surface area contributed by atoms with E-state index in [1.54, 1.807) is 0 Å². The highest BCUT2D eigenvalue weighted by Gasteiger charge is 2.72. The highest BCUT2D eigenvalue weighted by molar-refractivity contribution is 6.04. The molecule has 0 aliphatic heterocycles. The van der Waals surface area contributed by atoms with Gasteiger partial charge in [0.25, 0.3) is 0 Å². The molecule has 5 rings (SSSR count). The van der Waals surface area contributed by atoms with Crippen LogP contribution in [0.25, 0.3) is 0 Å². The van der Waals surface area contributed by atoms with Gasteiger partial charge < -0.3 is 5.73 Å². The first-order valence-electron chi connectivity index (χ1n) is 14.0. The van der Waals surface area contributed by atoms with Crippen LogP contribution in [-0.2, 0) is 14.4 Å².